The van der Waals surface area contributed by atoms with Crippen LogP contribution in [0, 0.1) is 11.8 Å². The lowest BCUT2D eigenvalue weighted by molar-refractivity contribution is -0.120. The minimum atomic E-state index is 0.0354. The first-order chi connectivity index (χ1) is 11.2. The number of rotatable bonds is 5. The van der Waals surface area contributed by atoms with Gasteiger partial charge in [-0.1, -0.05) is 18.6 Å². The van der Waals surface area contributed by atoms with E-state index in [0.717, 1.165) is 30.5 Å². The van der Waals surface area contributed by atoms with Gasteiger partial charge in [0.1, 0.15) is 0 Å². The van der Waals surface area contributed by atoms with E-state index in [1.165, 1.54) is 16.2 Å². The van der Waals surface area contributed by atoms with Gasteiger partial charge in [-0.2, -0.15) is 0 Å². The van der Waals surface area contributed by atoms with Gasteiger partial charge in [0.2, 0.25) is 5.91 Å². The average Bonchev–Trinajstić information content (AvgIpc) is 3.23. The number of carbonyl (C=O) groups excluding carboxylic acids is 1. The van der Waals surface area contributed by atoms with E-state index in [4.69, 9.17) is 5.73 Å². The van der Waals surface area contributed by atoms with Gasteiger partial charge in [0, 0.05) is 21.8 Å². The van der Waals surface area contributed by atoms with Crippen molar-refractivity contribution >= 4 is 34.1 Å². The van der Waals surface area contributed by atoms with E-state index in [1.807, 2.05) is 5.38 Å². The molecule has 1 fully saturated rings. The van der Waals surface area contributed by atoms with Crippen LogP contribution in [0.3, 0.4) is 0 Å². The quantitative estimate of drug-likeness (QED) is 0.806. The maximum atomic E-state index is 12.4. The Morgan fingerprint density at radius 3 is 2.87 bits per heavy atom. The molecule has 1 aromatic heterocycles. The number of carbonyl (C=O) groups is 1. The fourth-order valence-electron chi connectivity index (χ4n) is 3.09. The van der Waals surface area contributed by atoms with E-state index in [9.17, 15) is 4.79 Å². The van der Waals surface area contributed by atoms with Crippen LogP contribution >= 0.6 is 23.1 Å². The Kier molecular flexibility index (Phi) is 5.35. The molecule has 1 aliphatic rings. The smallest absolute Gasteiger partial charge is 0.229 e. The Morgan fingerprint density at radius 2 is 2.17 bits per heavy atom. The minimum absolute atomic E-state index is 0.0354. The zero-order valence-electron chi connectivity index (χ0n) is 13.1. The number of nitrogens with two attached hydrogens (primary N) is 1. The lowest BCUT2D eigenvalue weighted by Gasteiger charge is -2.16. The zero-order valence-corrected chi connectivity index (χ0v) is 14.8. The fraction of sp³-hybridized carbons (Fsp3) is 0.412. The summed E-state index contributed by atoms with van der Waals surface area (Å²) in [6, 6.07) is 8.30. The molecular formula is C17H21N3OS2. The Hall–Kier alpha value is -1.37. The molecular weight excluding hydrogens is 326 g/mol. The van der Waals surface area contributed by atoms with E-state index in [-0.39, 0.29) is 11.8 Å². The molecule has 4 nitrogen and oxygen atoms in total. The predicted molar refractivity (Wildman–Crippen MR) is 97.8 cm³/mol. The largest absolute Gasteiger partial charge is 0.330 e. The van der Waals surface area contributed by atoms with Crippen molar-refractivity contribution in [3.63, 3.8) is 0 Å². The van der Waals surface area contributed by atoms with E-state index in [1.54, 1.807) is 11.8 Å². The van der Waals surface area contributed by atoms with Crippen LogP contribution in [0.2, 0.25) is 0 Å². The van der Waals surface area contributed by atoms with E-state index in [0.29, 0.717) is 17.6 Å². The molecule has 0 saturated heterocycles. The molecule has 0 unspecified atom stereocenters. The Morgan fingerprint density at radius 1 is 1.39 bits per heavy atom. The summed E-state index contributed by atoms with van der Waals surface area (Å²) in [4.78, 5) is 18.2. The van der Waals surface area contributed by atoms with Crippen molar-refractivity contribution in [1.29, 1.82) is 0 Å². The Bertz CT molecular complexity index is 669. The van der Waals surface area contributed by atoms with E-state index in [2.05, 4.69) is 40.8 Å². The minimum Gasteiger partial charge on any atom is -0.330 e. The van der Waals surface area contributed by atoms with Crippen LogP contribution in [0.15, 0.2) is 34.5 Å². The van der Waals surface area contributed by atoms with Crippen molar-refractivity contribution in [3.05, 3.63) is 29.6 Å². The number of anilines is 1. The third-order valence-corrected chi connectivity index (χ3v) is 5.92. The number of benzene rings is 1. The summed E-state index contributed by atoms with van der Waals surface area (Å²) in [5, 5.41) is 5.62. The highest BCUT2D eigenvalue weighted by molar-refractivity contribution is 7.98. The van der Waals surface area contributed by atoms with Crippen molar-refractivity contribution < 1.29 is 4.79 Å². The number of nitrogens with zero attached hydrogens (tertiary/aromatic N) is 1. The summed E-state index contributed by atoms with van der Waals surface area (Å²) < 4.78 is 0. The van der Waals surface area contributed by atoms with Gasteiger partial charge >= 0.3 is 0 Å². The molecule has 0 aliphatic heterocycles. The molecule has 1 aliphatic carbocycles. The van der Waals surface area contributed by atoms with Gasteiger partial charge in [0.15, 0.2) is 5.13 Å². The summed E-state index contributed by atoms with van der Waals surface area (Å²) in [5.74, 6) is 0.415. The first kappa shape index (κ1) is 16.5. The number of amides is 1. The van der Waals surface area contributed by atoms with Crippen LogP contribution in [-0.2, 0) is 4.79 Å². The number of thiazole rings is 1. The molecule has 1 saturated carbocycles. The summed E-state index contributed by atoms with van der Waals surface area (Å²) in [7, 11) is 0. The topological polar surface area (TPSA) is 68.0 Å². The lowest BCUT2D eigenvalue weighted by Crippen LogP contribution is -2.29. The maximum absolute atomic E-state index is 12.4. The molecule has 0 radical (unpaired) electrons. The highest BCUT2D eigenvalue weighted by Crippen LogP contribution is 2.33. The van der Waals surface area contributed by atoms with Crippen LogP contribution in [-0.4, -0.2) is 23.7 Å². The molecule has 2 atom stereocenters. The van der Waals surface area contributed by atoms with Gasteiger partial charge in [-0.05, 0) is 43.7 Å². The van der Waals surface area contributed by atoms with Gasteiger partial charge < -0.3 is 11.1 Å². The normalized spacial score (nSPS) is 20.6. The summed E-state index contributed by atoms with van der Waals surface area (Å²) in [6.07, 6.45) is 5.13. The molecule has 1 aromatic carbocycles. The van der Waals surface area contributed by atoms with Crippen LogP contribution in [0.4, 0.5) is 5.13 Å². The molecule has 2 aromatic rings. The molecule has 0 spiro atoms. The maximum Gasteiger partial charge on any atom is 0.229 e. The fourth-order valence-corrected chi connectivity index (χ4v) is 4.22. The van der Waals surface area contributed by atoms with Crippen molar-refractivity contribution in [3.8, 4) is 11.3 Å². The van der Waals surface area contributed by atoms with Crippen molar-refractivity contribution in [2.75, 3.05) is 18.1 Å². The monoisotopic (exact) mass is 347 g/mol. The van der Waals surface area contributed by atoms with Crippen LogP contribution < -0.4 is 11.1 Å². The average molecular weight is 348 g/mol. The molecule has 3 rings (SSSR count). The molecule has 0 bridgehead atoms. The van der Waals surface area contributed by atoms with Gasteiger partial charge in [-0.15, -0.1) is 23.1 Å². The lowest BCUT2D eigenvalue weighted by atomic mass is 9.95. The molecule has 6 heteroatoms. The molecule has 1 heterocycles. The first-order valence-corrected chi connectivity index (χ1v) is 9.92. The number of hydrogen-bond donors (Lipinski definition) is 2. The van der Waals surface area contributed by atoms with Gasteiger partial charge in [0.25, 0.3) is 0 Å². The van der Waals surface area contributed by atoms with E-state index >= 15 is 0 Å². The highest BCUT2D eigenvalue weighted by Gasteiger charge is 2.32. The van der Waals surface area contributed by atoms with Crippen LogP contribution in [0.5, 0.6) is 0 Å². The number of thioether (sulfide) groups is 1. The highest BCUT2D eigenvalue weighted by atomic mass is 32.2. The van der Waals surface area contributed by atoms with Gasteiger partial charge in [-0.3, -0.25) is 4.79 Å². The van der Waals surface area contributed by atoms with E-state index < -0.39 is 0 Å². The van der Waals surface area contributed by atoms with Crippen LogP contribution in [0.25, 0.3) is 11.3 Å². The predicted octanol–water partition coefficient (Wildman–Crippen LogP) is 3.85. The number of hydrogen-bond acceptors (Lipinski definition) is 5. The zero-order chi connectivity index (χ0) is 16.2. The molecule has 23 heavy (non-hydrogen) atoms. The molecule has 1 amide bonds. The summed E-state index contributed by atoms with van der Waals surface area (Å²) in [5.41, 5.74) is 7.74. The first-order valence-electron chi connectivity index (χ1n) is 7.82. The van der Waals surface area contributed by atoms with Crippen LogP contribution in [0.1, 0.15) is 19.3 Å². The van der Waals surface area contributed by atoms with Crippen molar-refractivity contribution in [2.45, 2.75) is 24.2 Å². The molecule has 3 N–H and O–H groups in total. The summed E-state index contributed by atoms with van der Waals surface area (Å²) in [6.45, 7) is 0.586. The van der Waals surface area contributed by atoms with Gasteiger partial charge in [0.05, 0.1) is 5.69 Å². The SMILES string of the molecule is CSc1ccc(-c2csc(NC(=O)[C@@H]3CCC[C@@H]3CN)n2)cc1. The van der Waals surface area contributed by atoms with Crippen molar-refractivity contribution in [1.82, 2.24) is 4.98 Å². The standard InChI is InChI=1S/C17H21N3OS2/c1-22-13-7-5-11(6-8-13)15-10-23-17(19-15)20-16(21)14-4-2-3-12(14)9-18/h5-8,10,12,14H,2-4,9,18H2,1H3,(H,19,20,21)/t12-,14-/m1/s1. The summed E-state index contributed by atoms with van der Waals surface area (Å²) >= 11 is 3.19. The third-order valence-electron chi connectivity index (χ3n) is 4.42. The second-order valence-corrected chi connectivity index (χ2v) is 7.53. The van der Waals surface area contributed by atoms with Gasteiger partial charge in [-0.25, -0.2) is 4.98 Å². The number of aromatic nitrogens is 1. The second kappa shape index (κ2) is 7.47. The van der Waals surface area contributed by atoms with Crippen molar-refractivity contribution in [2.24, 2.45) is 17.6 Å². The Labute approximate surface area is 144 Å². The number of nitrogens with one attached hydrogen (secondary N) is 1. The second-order valence-electron chi connectivity index (χ2n) is 5.79. The molecule has 122 valence electrons. The Balaban J connectivity index is 1.68. The third kappa shape index (κ3) is 3.76.